The van der Waals surface area contributed by atoms with E-state index in [9.17, 15) is 4.39 Å². The Hall–Kier alpha value is -3.12. The van der Waals surface area contributed by atoms with Crippen LogP contribution in [0.15, 0.2) is 54.7 Å². The summed E-state index contributed by atoms with van der Waals surface area (Å²) >= 11 is 0. The lowest BCUT2D eigenvalue weighted by Crippen LogP contribution is -2.36. The van der Waals surface area contributed by atoms with Crippen LogP contribution in [0, 0.1) is 5.82 Å². The fourth-order valence-electron chi connectivity index (χ4n) is 4.24. The summed E-state index contributed by atoms with van der Waals surface area (Å²) in [7, 11) is 5.12. The van der Waals surface area contributed by atoms with E-state index >= 15 is 0 Å². The first kappa shape index (κ1) is 20.2. The third-order valence-corrected chi connectivity index (χ3v) is 5.67. The highest BCUT2D eigenvalue weighted by molar-refractivity contribution is 5.52. The van der Waals surface area contributed by atoms with E-state index in [1.54, 1.807) is 26.5 Å². The number of hydrogen-bond acceptors (Lipinski definition) is 5. The molecule has 1 aliphatic rings. The first-order valence-corrected chi connectivity index (χ1v) is 10.0. The smallest absolute Gasteiger partial charge is 0.161 e. The fourth-order valence-corrected chi connectivity index (χ4v) is 4.24. The molecule has 0 fully saturated rings. The van der Waals surface area contributed by atoms with Gasteiger partial charge in [-0.2, -0.15) is 0 Å². The van der Waals surface area contributed by atoms with Crippen LogP contribution in [-0.2, 0) is 13.0 Å². The number of benzene rings is 2. The van der Waals surface area contributed by atoms with E-state index in [0.717, 1.165) is 35.5 Å². The van der Waals surface area contributed by atoms with Crippen molar-refractivity contribution in [3.63, 3.8) is 0 Å². The molecule has 3 aromatic rings. The van der Waals surface area contributed by atoms with Crippen LogP contribution in [0.3, 0.4) is 0 Å². The number of halogens is 1. The molecule has 0 saturated carbocycles. The van der Waals surface area contributed by atoms with Gasteiger partial charge in [0.05, 0.1) is 20.3 Å². The van der Waals surface area contributed by atoms with Gasteiger partial charge >= 0.3 is 0 Å². The summed E-state index contributed by atoms with van der Waals surface area (Å²) < 4.78 is 26.0. The highest BCUT2D eigenvalue weighted by Crippen LogP contribution is 2.42. The second-order valence-corrected chi connectivity index (χ2v) is 7.31. The first-order valence-electron chi connectivity index (χ1n) is 10.0. The molecule has 4 rings (SSSR count). The van der Waals surface area contributed by atoms with Crippen LogP contribution >= 0.6 is 0 Å². The average Bonchev–Trinajstić information content (AvgIpc) is 2.79. The van der Waals surface area contributed by atoms with Gasteiger partial charge in [-0.1, -0.05) is 24.3 Å². The van der Waals surface area contributed by atoms with Crippen molar-refractivity contribution in [1.29, 1.82) is 0 Å². The van der Waals surface area contributed by atoms with E-state index in [2.05, 4.69) is 21.3 Å². The van der Waals surface area contributed by atoms with Gasteiger partial charge in [0.25, 0.3) is 0 Å². The number of aromatic nitrogens is 1. The van der Waals surface area contributed by atoms with E-state index in [-0.39, 0.29) is 11.9 Å². The summed E-state index contributed by atoms with van der Waals surface area (Å²) in [6, 6.07) is 14.7. The van der Waals surface area contributed by atoms with Gasteiger partial charge in [-0.05, 0) is 41.8 Å². The third-order valence-electron chi connectivity index (χ3n) is 5.67. The highest BCUT2D eigenvalue weighted by Gasteiger charge is 2.32. The summed E-state index contributed by atoms with van der Waals surface area (Å²) in [5, 5.41) is 3.16. The Bertz CT molecular complexity index is 1040. The number of ether oxygens (including phenoxy) is 2. The maximum atomic E-state index is 14.9. The van der Waals surface area contributed by atoms with Crippen molar-refractivity contribution < 1.29 is 13.9 Å². The van der Waals surface area contributed by atoms with Gasteiger partial charge in [-0.25, -0.2) is 9.37 Å². The minimum absolute atomic E-state index is 0.213. The standard InChI is InChI=1S/C24H26FN3O2/c1-26-24-17(7-6-11-27-24)15-28-12-10-16-13-21(29-2)22(30-3)14-19(16)23(28)18-8-4-5-9-20(18)25/h4-9,11,13-14,23H,10,12,15H2,1-3H3,(H,26,27). The first-order chi connectivity index (χ1) is 14.7. The Balaban J connectivity index is 1.83. The molecule has 2 heterocycles. The number of anilines is 1. The van der Waals surface area contributed by atoms with Crippen molar-refractivity contribution in [2.24, 2.45) is 0 Å². The van der Waals surface area contributed by atoms with Crippen LogP contribution < -0.4 is 14.8 Å². The van der Waals surface area contributed by atoms with Crippen LogP contribution in [-0.4, -0.2) is 37.7 Å². The quantitative estimate of drug-likeness (QED) is 0.655. The lowest BCUT2D eigenvalue weighted by Gasteiger charge is -2.38. The number of pyridine rings is 1. The number of fused-ring (bicyclic) bond motifs is 1. The van der Waals surface area contributed by atoms with Crippen molar-refractivity contribution in [1.82, 2.24) is 9.88 Å². The lowest BCUT2D eigenvalue weighted by molar-refractivity contribution is 0.200. The molecule has 0 radical (unpaired) electrons. The molecule has 1 N–H and O–H groups in total. The molecule has 0 amide bonds. The van der Waals surface area contributed by atoms with Gasteiger partial charge in [-0.3, -0.25) is 4.90 Å². The van der Waals surface area contributed by atoms with Crippen LogP contribution in [0.25, 0.3) is 0 Å². The second kappa shape index (κ2) is 8.71. The Labute approximate surface area is 176 Å². The molecule has 6 heteroatoms. The fraction of sp³-hybridized carbons (Fsp3) is 0.292. The summed E-state index contributed by atoms with van der Waals surface area (Å²) in [5.41, 5.74) is 3.92. The van der Waals surface area contributed by atoms with E-state index in [4.69, 9.17) is 9.47 Å². The maximum absolute atomic E-state index is 14.9. The maximum Gasteiger partial charge on any atom is 0.161 e. The summed E-state index contributed by atoms with van der Waals surface area (Å²) in [5.74, 6) is 1.97. The zero-order valence-corrected chi connectivity index (χ0v) is 17.5. The van der Waals surface area contributed by atoms with Crippen molar-refractivity contribution in [2.45, 2.75) is 19.0 Å². The van der Waals surface area contributed by atoms with Crippen LogP contribution in [0.5, 0.6) is 11.5 Å². The van der Waals surface area contributed by atoms with Gasteiger partial charge in [0.2, 0.25) is 0 Å². The van der Waals surface area contributed by atoms with Crippen LogP contribution in [0.2, 0.25) is 0 Å². The molecule has 0 spiro atoms. The summed E-state index contributed by atoms with van der Waals surface area (Å²) in [4.78, 5) is 6.72. The Kier molecular flexibility index (Phi) is 5.86. The normalized spacial score (nSPS) is 16.1. The monoisotopic (exact) mass is 407 g/mol. The van der Waals surface area contributed by atoms with Crippen molar-refractivity contribution in [3.8, 4) is 11.5 Å². The molecule has 156 valence electrons. The number of hydrogen-bond donors (Lipinski definition) is 1. The molecule has 5 nitrogen and oxygen atoms in total. The molecular weight excluding hydrogens is 381 g/mol. The van der Waals surface area contributed by atoms with Crippen LogP contribution in [0.4, 0.5) is 10.2 Å². The Morgan fingerprint density at radius 2 is 1.83 bits per heavy atom. The molecule has 2 aromatic carbocycles. The van der Waals surface area contributed by atoms with Gasteiger partial charge in [0.1, 0.15) is 11.6 Å². The molecule has 1 atom stereocenters. The zero-order chi connectivity index (χ0) is 21.1. The van der Waals surface area contributed by atoms with Crippen molar-refractivity contribution in [3.05, 3.63) is 82.8 Å². The van der Waals surface area contributed by atoms with Gasteiger partial charge in [0, 0.05) is 37.5 Å². The van der Waals surface area contributed by atoms with Crippen LogP contribution in [0.1, 0.15) is 28.3 Å². The largest absolute Gasteiger partial charge is 0.493 e. The van der Waals surface area contributed by atoms with E-state index in [0.29, 0.717) is 23.6 Å². The van der Waals surface area contributed by atoms with E-state index < -0.39 is 0 Å². The molecule has 1 aliphatic heterocycles. The number of methoxy groups -OCH3 is 2. The summed E-state index contributed by atoms with van der Waals surface area (Å²) in [6.45, 7) is 1.44. The minimum Gasteiger partial charge on any atom is -0.493 e. The van der Waals surface area contributed by atoms with Gasteiger partial charge in [-0.15, -0.1) is 0 Å². The minimum atomic E-state index is -0.236. The van der Waals surface area contributed by atoms with E-state index in [1.807, 2.05) is 37.4 Å². The number of nitrogens with zero attached hydrogens (tertiary/aromatic N) is 2. The molecular formula is C24H26FN3O2. The molecule has 1 aromatic heterocycles. The topological polar surface area (TPSA) is 46.6 Å². The Morgan fingerprint density at radius 1 is 1.07 bits per heavy atom. The second-order valence-electron chi connectivity index (χ2n) is 7.31. The van der Waals surface area contributed by atoms with Gasteiger partial charge in [0.15, 0.2) is 11.5 Å². The molecule has 0 aliphatic carbocycles. The molecule has 0 bridgehead atoms. The van der Waals surface area contributed by atoms with Crippen molar-refractivity contribution in [2.75, 3.05) is 33.1 Å². The zero-order valence-electron chi connectivity index (χ0n) is 17.5. The molecule has 0 saturated heterocycles. The average molecular weight is 407 g/mol. The lowest BCUT2D eigenvalue weighted by atomic mass is 9.87. The number of nitrogens with one attached hydrogen (secondary N) is 1. The van der Waals surface area contributed by atoms with E-state index in [1.165, 1.54) is 6.07 Å². The third kappa shape index (κ3) is 3.71. The van der Waals surface area contributed by atoms with Crippen molar-refractivity contribution >= 4 is 5.82 Å². The predicted octanol–water partition coefficient (Wildman–Crippen LogP) is 4.43. The molecule has 1 unspecified atom stereocenters. The summed E-state index contributed by atoms with van der Waals surface area (Å²) in [6.07, 6.45) is 2.61. The predicted molar refractivity (Wildman–Crippen MR) is 116 cm³/mol. The number of rotatable bonds is 6. The SMILES string of the molecule is CNc1ncccc1CN1CCc2cc(OC)c(OC)cc2C1c1ccccc1F. The molecule has 30 heavy (non-hydrogen) atoms. The Morgan fingerprint density at radius 3 is 2.57 bits per heavy atom. The highest BCUT2D eigenvalue weighted by atomic mass is 19.1. The van der Waals surface area contributed by atoms with Gasteiger partial charge < -0.3 is 14.8 Å².